The minimum absolute atomic E-state index is 0.0189. The molecule has 2 aromatic heterocycles. The van der Waals surface area contributed by atoms with E-state index in [1.807, 2.05) is 0 Å². The summed E-state index contributed by atoms with van der Waals surface area (Å²) < 4.78 is 5.06. The fourth-order valence-electron chi connectivity index (χ4n) is 1.93. The molecule has 0 atom stereocenters. The predicted octanol–water partition coefficient (Wildman–Crippen LogP) is 2.80. The molecule has 2 heterocycles. The lowest BCUT2D eigenvalue weighted by molar-refractivity contribution is 0.102. The van der Waals surface area contributed by atoms with Crippen LogP contribution in [0.3, 0.4) is 0 Å². The Morgan fingerprint density at radius 3 is 2.86 bits per heavy atom. The van der Waals surface area contributed by atoms with Gasteiger partial charge in [-0.1, -0.05) is 11.6 Å². The first-order valence-corrected chi connectivity index (χ1v) is 6.61. The molecule has 2 N–H and O–H groups in total. The molecule has 3 rings (SSSR count). The number of aromatic hydroxyl groups is 1. The first-order chi connectivity index (χ1) is 10.5. The number of nitrogens with one attached hydrogen (secondary N) is 1. The number of rotatable bonds is 2. The summed E-state index contributed by atoms with van der Waals surface area (Å²) in [7, 11) is 0. The van der Waals surface area contributed by atoms with Gasteiger partial charge in [-0.25, -0.2) is 9.78 Å². The van der Waals surface area contributed by atoms with E-state index >= 15 is 0 Å². The van der Waals surface area contributed by atoms with Crippen LogP contribution in [-0.4, -0.2) is 16.0 Å². The van der Waals surface area contributed by atoms with E-state index < -0.39 is 11.5 Å². The number of hydrogen-bond donors (Lipinski definition) is 2. The van der Waals surface area contributed by atoms with Gasteiger partial charge in [-0.2, -0.15) is 0 Å². The van der Waals surface area contributed by atoms with Crippen molar-refractivity contribution in [1.82, 2.24) is 4.98 Å². The van der Waals surface area contributed by atoms with Crippen LogP contribution in [-0.2, 0) is 0 Å². The van der Waals surface area contributed by atoms with Gasteiger partial charge in [-0.3, -0.25) is 4.79 Å². The SMILES string of the molecule is O=C(Nc1cc2ccc(O)cc2oc1=O)c1cccnc1Cl. The van der Waals surface area contributed by atoms with E-state index in [4.69, 9.17) is 16.0 Å². The van der Waals surface area contributed by atoms with Gasteiger partial charge in [0, 0.05) is 17.6 Å². The second-order valence-corrected chi connectivity index (χ2v) is 4.82. The van der Waals surface area contributed by atoms with E-state index in [0.29, 0.717) is 5.39 Å². The molecule has 1 aromatic carbocycles. The molecule has 22 heavy (non-hydrogen) atoms. The molecule has 0 bridgehead atoms. The minimum atomic E-state index is -0.730. The number of anilines is 1. The molecule has 110 valence electrons. The molecule has 0 radical (unpaired) electrons. The van der Waals surface area contributed by atoms with Crippen LogP contribution in [0.25, 0.3) is 11.0 Å². The molecule has 0 aliphatic rings. The molecule has 0 fully saturated rings. The molecular formula is C15H9ClN2O4. The average Bonchev–Trinajstić information content (AvgIpc) is 2.48. The molecule has 3 aromatic rings. The van der Waals surface area contributed by atoms with Crippen LogP contribution in [0.5, 0.6) is 5.75 Å². The number of aromatic nitrogens is 1. The van der Waals surface area contributed by atoms with Crippen molar-refractivity contribution in [3.8, 4) is 5.75 Å². The summed E-state index contributed by atoms with van der Waals surface area (Å²) in [5.74, 6) is -0.585. The fraction of sp³-hybridized carbons (Fsp3) is 0. The van der Waals surface area contributed by atoms with Crippen molar-refractivity contribution >= 4 is 34.2 Å². The molecule has 0 unspecified atom stereocenters. The fourth-order valence-corrected chi connectivity index (χ4v) is 2.14. The van der Waals surface area contributed by atoms with E-state index in [2.05, 4.69) is 10.3 Å². The van der Waals surface area contributed by atoms with E-state index in [0.717, 1.165) is 0 Å². The number of pyridine rings is 1. The lowest BCUT2D eigenvalue weighted by atomic mass is 10.2. The van der Waals surface area contributed by atoms with Crippen molar-refractivity contribution in [2.75, 3.05) is 5.32 Å². The smallest absolute Gasteiger partial charge is 0.360 e. The number of halogens is 1. The third kappa shape index (κ3) is 2.64. The number of phenols is 1. The van der Waals surface area contributed by atoms with Crippen LogP contribution in [0, 0.1) is 0 Å². The van der Waals surface area contributed by atoms with E-state index in [-0.39, 0.29) is 27.7 Å². The lowest BCUT2D eigenvalue weighted by Crippen LogP contribution is -2.18. The monoisotopic (exact) mass is 316 g/mol. The van der Waals surface area contributed by atoms with Gasteiger partial charge in [0.2, 0.25) is 0 Å². The Bertz CT molecular complexity index is 936. The second-order valence-electron chi connectivity index (χ2n) is 4.47. The zero-order valence-electron chi connectivity index (χ0n) is 11.0. The van der Waals surface area contributed by atoms with Crippen molar-refractivity contribution in [2.24, 2.45) is 0 Å². The van der Waals surface area contributed by atoms with Crippen molar-refractivity contribution in [3.05, 3.63) is 63.7 Å². The van der Waals surface area contributed by atoms with Crippen molar-refractivity contribution in [1.29, 1.82) is 0 Å². The lowest BCUT2D eigenvalue weighted by Gasteiger charge is -2.06. The van der Waals surface area contributed by atoms with Gasteiger partial charge in [0.05, 0.1) is 5.56 Å². The first-order valence-electron chi connectivity index (χ1n) is 6.23. The second kappa shape index (κ2) is 5.50. The number of fused-ring (bicyclic) bond motifs is 1. The topological polar surface area (TPSA) is 92.4 Å². The van der Waals surface area contributed by atoms with Crippen LogP contribution in [0.4, 0.5) is 5.69 Å². The van der Waals surface area contributed by atoms with E-state index in [1.165, 1.54) is 30.5 Å². The summed E-state index contributed by atoms with van der Waals surface area (Å²) in [6, 6.07) is 8.85. The van der Waals surface area contributed by atoms with Crippen molar-refractivity contribution in [3.63, 3.8) is 0 Å². The summed E-state index contributed by atoms with van der Waals surface area (Å²) in [4.78, 5) is 27.8. The zero-order valence-corrected chi connectivity index (χ0v) is 11.8. The minimum Gasteiger partial charge on any atom is -0.508 e. The predicted molar refractivity (Wildman–Crippen MR) is 81.3 cm³/mol. The van der Waals surface area contributed by atoms with Crippen molar-refractivity contribution in [2.45, 2.75) is 0 Å². The third-order valence-electron chi connectivity index (χ3n) is 2.97. The van der Waals surface area contributed by atoms with Crippen LogP contribution in [0.2, 0.25) is 5.15 Å². The van der Waals surface area contributed by atoms with Crippen LogP contribution in [0.1, 0.15) is 10.4 Å². The summed E-state index contributed by atoms with van der Waals surface area (Å²) in [5, 5.41) is 12.4. The number of phenolic OH excluding ortho intramolecular Hbond substituents is 1. The number of carbonyl (C=O) groups excluding carboxylic acids is 1. The van der Waals surface area contributed by atoms with Gasteiger partial charge in [0.25, 0.3) is 5.91 Å². The highest BCUT2D eigenvalue weighted by Gasteiger charge is 2.14. The molecule has 7 heteroatoms. The van der Waals surface area contributed by atoms with Crippen molar-refractivity contribution < 1.29 is 14.3 Å². The number of benzene rings is 1. The van der Waals surface area contributed by atoms with E-state index in [9.17, 15) is 14.7 Å². The Morgan fingerprint density at radius 1 is 1.27 bits per heavy atom. The highest BCUT2D eigenvalue weighted by atomic mass is 35.5. The van der Waals surface area contributed by atoms with Gasteiger partial charge in [-0.15, -0.1) is 0 Å². The third-order valence-corrected chi connectivity index (χ3v) is 3.27. The molecule has 0 saturated carbocycles. The Kier molecular flexibility index (Phi) is 3.52. The average molecular weight is 317 g/mol. The Labute approximate surface area is 129 Å². The zero-order chi connectivity index (χ0) is 15.7. The summed E-state index contributed by atoms with van der Waals surface area (Å²) in [5.41, 5.74) is -0.383. The maximum absolute atomic E-state index is 12.1. The summed E-state index contributed by atoms with van der Waals surface area (Å²) >= 11 is 5.84. The molecule has 0 spiro atoms. The number of hydrogen-bond acceptors (Lipinski definition) is 5. The number of carbonyl (C=O) groups is 1. The highest BCUT2D eigenvalue weighted by molar-refractivity contribution is 6.33. The molecule has 0 aliphatic heterocycles. The van der Waals surface area contributed by atoms with Gasteiger partial charge >= 0.3 is 5.63 Å². The van der Waals surface area contributed by atoms with E-state index in [1.54, 1.807) is 12.1 Å². The summed E-state index contributed by atoms with van der Waals surface area (Å²) in [6.45, 7) is 0. The van der Waals surface area contributed by atoms with Crippen LogP contribution >= 0.6 is 11.6 Å². The van der Waals surface area contributed by atoms with Gasteiger partial charge in [-0.05, 0) is 30.3 Å². The Balaban J connectivity index is 1.99. The van der Waals surface area contributed by atoms with Gasteiger partial charge in [0.15, 0.2) is 0 Å². The standard InChI is InChI=1S/C15H9ClN2O4/c16-13-10(2-1-5-17-13)14(20)18-11-6-8-3-4-9(19)7-12(8)22-15(11)21/h1-7,19H,(H,18,20). The maximum Gasteiger partial charge on any atom is 0.360 e. The number of amides is 1. The Morgan fingerprint density at radius 2 is 2.09 bits per heavy atom. The van der Waals surface area contributed by atoms with Gasteiger partial charge < -0.3 is 14.8 Å². The highest BCUT2D eigenvalue weighted by Crippen LogP contribution is 2.21. The van der Waals surface area contributed by atoms with Gasteiger partial charge in [0.1, 0.15) is 22.2 Å². The quantitative estimate of drug-likeness (QED) is 0.560. The maximum atomic E-state index is 12.1. The first kappa shape index (κ1) is 14.1. The molecule has 6 nitrogen and oxygen atoms in total. The molecular weight excluding hydrogens is 308 g/mol. The number of nitrogens with zero attached hydrogens (tertiary/aromatic N) is 1. The van der Waals surface area contributed by atoms with Crippen LogP contribution in [0.15, 0.2) is 51.8 Å². The normalized spacial score (nSPS) is 10.6. The summed E-state index contributed by atoms with van der Waals surface area (Å²) in [6.07, 6.45) is 1.45. The Hall–Kier alpha value is -2.86. The largest absolute Gasteiger partial charge is 0.508 e. The molecule has 0 saturated heterocycles. The molecule has 1 amide bonds. The van der Waals surface area contributed by atoms with Crippen LogP contribution < -0.4 is 10.9 Å². The molecule has 0 aliphatic carbocycles.